The average molecular weight is 415 g/mol. The van der Waals surface area contributed by atoms with Crippen molar-refractivity contribution < 1.29 is 27.5 Å². The monoisotopic (exact) mass is 415 g/mol. The lowest BCUT2D eigenvalue weighted by molar-refractivity contribution is -0.192. The second kappa shape index (κ2) is 9.87. The summed E-state index contributed by atoms with van der Waals surface area (Å²) in [6.07, 6.45) is -1.59. The maximum atomic E-state index is 12.9. The number of likely N-dealkylation sites (tertiary alicyclic amines) is 1. The predicted octanol–water partition coefficient (Wildman–Crippen LogP) is 3.96. The van der Waals surface area contributed by atoms with E-state index in [-0.39, 0.29) is 5.82 Å². The number of aryl methyl sites for hydroxylation is 2. The van der Waals surface area contributed by atoms with E-state index in [9.17, 15) is 17.6 Å². The van der Waals surface area contributed by atoms with Crippen LogP contribution in [-0.4, -0.2) is 45.0 Å². The predicted molar refractivity (Wildman–Crippen MR) is 99.7 cm³/mol. The van der Waals surface area contributed by atoms with Gasteiger partial charge in [0.25, 0.3) is 0 Å². The zero-order valence-electron chi connectivity index (χ0n) is 16.4. The molecule has 1 aromatic heterocycles. The Bertz CT molecular complexity index is 776. The van der Waals surface area contributed by atoms with Crippen LogP contribution >= 0.6 is 0 Å². The van der Waals surface area contributed by atoms with Crippen molar-refractivity contribution in [2.24, 2.45) is 13.0 Å². The number of carboxylic acids is 1. The van der Waals surface area contributed by atoms with E-state index >= 15 is 0 Å². The Morgan fingerprint density at radius 3 is 2.21 bits per heavy atom. The van der Waals surface area contributed by atoms with Crippen molar-refractivity contribution in [2.45, 2.75) is 38.9 Å². The molecule has 0 amide bonds. The van der Waals surface area contributed by atoms with E-state index in [2.05, 4.69) is 23.0 Å². The lowest BCUT2D eigenvalue weighted by Crippen LogP contribution is -2.34. The molecule has 5 nitrogen and oxygen atoms in total. The largest absolute Gasteiger partial charge is 0.490 e. The summed E-state index contributed by atoms with van der Waals surface area (Å²) in [7, 11) is 1.99. The number of hydrogen-bond donors (Lipinski definition) is 1. The van der Waals surface area contributed by atoms with Gasteiger partial charge in [-0.3, -0.25) is 9.58 Å². The van der Waals surface area contributed by atoms with Crippen LogP contribution in [0.4, 0.5) is 17.6 Å². The van der Waals surface area contributed by atoms with Gasteiger partial charge in [0.1, 0.15) is 5.82 Å². The number of carboxylic acid groups (broad SMARTS) is 1. The van der Waals surface area contributed by atoms with Crippen molar-refractivity contribution in [1.82, 2.24) is 14.7 Å². The van der Waals surface area contributed by atoms with Crippen LogP contribution in [0.5, 0.6) is 0 Å². The van der Waals surface area contributed by atoms with Crippen molar-refractivity contribution in [3.05, 3.63) is 53.1 Å². The number of aliphatic carboxylic acids is 1. The van der Waals surface area contributed by atoms with Crippen LogP contribution in [0.1, 0.15) is 29.8 Å². The first kappa shape index (κ1) is 22.9. The first-order valence-electron chi connectivity index (χ1n) is 9.31. The molecular formula is C20H25F4N3O2. The van der Waals surface area contributed by atoms with Gasteiger partial charge >= 0.3 is 12.1 Å². The van der Waals surface area contributed by atoms with Crippen LogP contribution in [-0.2, 0) is 24.8 Å². The van der Waals surface area contributed by atoms with Gasteiger partial charge in [-0.25, -0.2) is 9.18 Å². The summed E-state index contributed by atoms with van der Waals surface area (Å²) in [5, 5.41) is 11.7. The number of nitrogens with zero attached hydrogens (tertiary/aromatic N) is 3. The molecule has 9 heteroatoms. The molecule has 160 valence electrons. The maximum absolute atomic E-state index is 12.9. The number of halogens is 4. The minimum atomic E-state index is -5.08. The first-order chi connectivity index (χ1) is 13.5. The minimum Gasteiger partial charge on any atom is -0.475 e. The van der Waals surface area contributed by atoms with Gasteiger partial charge in [0.15, 0.2) is 0 Å². The van der Waals surface area contributed by atoms with Gasteiger partial charge in [-0.1, -0.05) is 12.1 Å². The molecule has 1 N–H and O–H groups in total. The summed E-state index contributed by atoms with van der Waals surface area (Å²) in [4.78, 5) is 11.4. The van der Waals surface area contributed by atoms with Crippen molar-refractivity contribution in [3.8, 4) is 0 Å². The lowest BCUT2D eigenvalue weighted by atomic mass is 9.90. The molecular weight excluding hydrogens is 390 g/mol. The summed E-state index contributed by atoms with van der Waals surface area (Å²) in [6.45, 7) is 5.29. The zero-order valence-corrected chi connectivity index (χ0v) is 16.4. The third-order valence-electron chi connectivity index (χ3n) is 4.94. The lowest BCUT2D eigenvalue weighted by Gasteiger charge is -2.31. The van der Waals surface area contributed by atoms with Crippen LogP contribution in [0.15, 0.2) is 30.3 Å². The molecule has 0 radical (unpaired) electrons. The maximum Gasteiger partial charge on any atom is 0.490 e. The molecule has 1 aliphatic heterocycles. The highest BCUT2D eigenvalue weighted by molar-refractivity contribution is 5.73. The van der Waals surface area contributed by atoms with Crippen LogP contribution in [0, 0.1) is 18.7 Å². The molecule has 1 saturated heterocycles. The molecule has 2 heterocycles. The summed E-state index contributed by atoms with van der Waals surface area (Å²) in [6, 6.07) is 9.13. The Labute approximate surface area is 166 Å². The second-order valence-corrected chi connectivity index (χ2v) is 7.25. The van der Waals surface area contributed by atoms with Gasteiger partial charge in [0.05, 0.1) is 5.69 Å². The molecule has 29 heavy (non-hydrogen) atoms. The van der Waals surface area contributed by atoms with E-state index in [1.807, 2.05) is 23.9 Å². The van der Waals surface area contributed by atoms with Crippen molar-refractivity contribution in [2.75, 3.05) is 13.1 Å². The SMILES string of the molecule is Cc1cc(CN2CCC(Cc3ccc(F)cc3)CC2)nn1C.O=C(O)C(F)(F)F. The summed E-state index contributed by atoms with van der Waals surface area (Å²) in [5.41, 5.74) is 3.62. The minimum absolute atomic E-state index is 0.149. The number of carbonyl (C=O) groups is 1. The van der Waals surface area contributed by atoms with Gasteiger partial charge in [-0.2, -0.15) is 18.3 Å². The third kappa shape index (κ3) is 7.49. The Kier molecular flexibility index (Phi) is 7.78. The average Bonchev–Trinajstić information content (AvgIpc) is 2.96. The molecule has 3 rings (SSSR count). The van der Waals surface area contributed by atoms with Gasteiger partial charge in [-0.05, 0) is 69.0 Å². The van der Waals surface area contributed by atoms with E-state index in [1.165, 1.54) is 24.1 Å². The van der Waals surface area contributed by atoms with Crippen LogP contribution in [0.3, 0.4) is 0 Å². The fourth-order valence-corrected chi connectivity index (χ4v) is 3.24. The quantitative estimate of drug-likeness (QED) is 0.769. The van der Waals surface area contributed by atoms with E-state index in [4.69, 9.17) is 9.90 Å². The normalized spacial score (nSPS) is 15.7. The smallest absolute Gasteiger partial charge is 0.475 e. The molecule has 0 aliphatic carbocycles. The van der Waals surface area contributed by atoms with Crippen molar-refractivity contribution >= 4 is 5.97 Å². The molecule has 1 fully saturated rings. The van der Waals surface area contributed by atoms with Gasteiger partial charge in [0, 0.05) is 19.3 Å². The number of alkyl halides is 3. The molecule has 0 atom stereocenters. The second-order valence-electron chi connectivity index (χ2n) is 7.25. The fraction of sp³-hybridized carbons (Fsp3) is 0.500. The first-order valence-corrected chi connectivity index (χ1v) is 9.31. The highest BCUT2D eigenvalue weighted by Crippen LogP contribution is 2.23. The fourth-order valence-electron chi connectivity index (χ4n) is 3.24. The Balaban J connectivity index is 0.000000370. The number of aromatic nitrogens is 2. The van der Waals surface area contributed by atoms with E-state index in [1.54, 1.807) is 12.1 Å². The highest BCUT2D eigenvalue weighted by atomic mass is 19.4. The molecule has 1 aliphatic rings. The topological polar surface area (TPSA) is 58.4 Å². The van der Waals surface area contributed by atoms with Crippen LogP contribution < -0.4 is 0 Å². The molecule has 1 aromatic carbocycles. The van der Waals surface area contributed by atoms with Crippen molar-refractivity contribution in [3.63, 3.8) is 0 Å². The molecule has 0 bridgehead atoms. The zero-order chi connectivity index (χ0) is 21.6. The number of hydrogen-bond acceptors (Lipinski definition) is 3. The number of benzene rings is 1. The van der Waals surface area contributed by atoms with E-state index in [0.29, 0.717) is 5.92 Å². The Morgan fingerprint density at radius 2 is 1.76 bits per heavy atom. The van der Waals surface area contributed by atoms with Crippen LogP contribution in [0.2, 0.25) is 0 Å². The number of piperidine rings is 1. The van der Waals surface area contributed by atoms with Crippen LogP contribution in [0.25, 0.3) is 0 Å². The highest BCUT2D eigenvalue weighted by Gasteiger charge is 2.38. The van der Waals surface area contributed by atoms with E-state index in [0.717, 1.165) is 31.7 Å². The third-order valence-corrected chi connectivity index (χ3v) is 4.94. The summed E-state index contributed by atoms with van der Waals surface area (Å²) < 4.78 is 46.6. The number of rotatable bonds is 4. The van der Waals surface area contributed by atoms with Crippen molar-refractivity contribution in [1.29, 1.82) is 0 Å². The van der Waals surface area contributed by atoms with Gasteiger partial charge in [-0.15, -0.1) is 0 Å². The summed E-state index contributed by atoms with van der Waals surface area (Å²) in [5.74, 6) is -2.19. The Hall–Kier alpha value is -2.42. The molecule has 0 saturated carbocycles. The standard InChI is InChI=1S/C18H24FN3.C2HF3O2/c1-14-11-18(20-21(14)2)13-22-9-7-16(8-10-22)12-15-3-5-17(19)6-4-15;3-2(4,5)1(6)7/h3-6,11,16H,7-10,12-13H2,1-2H3;(H,6,7). The van der Waals surface area contributed by atoms with Gasteiger partial charge < -0.3 is 5.11 Å². The molecule has 0 unspecified atom stereocenters. The van der Waals surface area contributed by atoms with E-state index < -0.39 is 12.1 Å². The summed E-state index contributed by atoms with van der Waals surface area (Å²) >= 11 is 0. The molecule has 2 aromatic rings. The van der Waals surface area contributed by atoms with Gasteiger partial charge in [0.2, 0.25) is 0 Å². The molecule has 0 spiro atoms. The Morgan fingerprint density at radius 1 is 1.21 bits per heavy atom.